The zero-order valence-electron chi connectivity index (χ0n) is 15.5. The van der Waals surface area contributed by atoms with Crippen molar-refractivity contribution in [2.24, 2.45) is 17.3 Å². The van der Waals surface area contributed by atoms with Crippen molar-refractivity contribution in [1.82, 2.24) is 9.47 Å². The smallest absolute Gasteiger partial charge is 0.250 e. The summed E-state index contributed by atoms with van der Waals surface area (Å²) in [6.07, 6.45) is 6.77. The second kappa shape index (κ2) is 6.01. The van der Waals surface area contributed by atoms with Gasteiger partial charge in [-0.2, -0.15) is 0 Å². The normalized spacial score (nSPS) is 34.0. The number of fused-ring (bicyclic) bond motifs is 4. The molecular weight excluding hydrogens is 296 g/mol. The van der Waals surface area contributed by atoms with Gasteiger partial charge in [0.15, 0.2) is 0 Å². The predicted octanol–water partition coefficient (Wildman–Crippen LogP) is 3.87. The summed E-state index contributed by atoms with van der Waals surface area (Å²) in [7, 11) is 0. The van der Waals surface area contributed by atoms with E-state index in [1.807, 2.05) is 10.6 Å². The fourth-order valence-corrected chi connectivity index (χ4v) is 5.54. The molecule has 1 saturated carbocycles. The van der Waals surface area contributed by atoms with Crippen molar-refractivity contribution >= 4 is 0 Å². The van der Waals surface area contributed by atoms with Gasteiger partial charge in [-0.25, -0.2) is 0 Å². The average molecular weight is 329 g/mol. The topological polar surface area (TPSA) is 25.2 Å². The first-order chi connectivity index (χ1) is 11.4. The van der Waals surface area contributed by atoms with Crippen LogP contribution in [-0.4, -0.2) is 28.6 Å². The maximum atomic E-state index is 12.2. The second-order valence-corrected chi connectivity index (χ2v) is 9.52. The highest BCUT2D eigenvalue weighted by Gasteiger charge is 2.38. The summed E-state index contributed by atoms with van der Waals surface area (Å²) in [5.41, 5.74) is 1.94. The van der Waals surface area contributed by atoms with Crippen LogP contribution in [0.4, 0.5) is 0 Å². The molecule has 3 heteroatoms. The molecular formula is C21H32N2O. The standard InChI is InChI=1S/C21H32N2O/c1-21(2,3)17-7-9-18(10-8-17)22-12-15-11-16(14-22)19-5-4-6-20(24)23(19)13-15/h4-6,15-18H,7-14H2,1-3H3/t15-,16+,17?,18?/m0/s1. The first-order valence-corrected chi connectivity index (χ1v) is 9.85. The average Bonchev–Trinajstić information content (AvgIpc) is 2.55. The minimum atomic E-state index is 0.196. The molecule has 2 bridgehead atoms. The quantitative estimate of drug-likeness (QED) is 0.782. The van der Waals surface area contributed by atoms with E-state index in [4.69, 9.17) is 0 Å². The molecule has 3 nitrogen and oxygen atoms in total. The first kappa shape index (κ1) is 16.4. The van der Waals surface area contributed by atoms with Crippen molar-refractivity contribution in [3.05, 3.63) is 34.2 Å². The molecule has 0 amide bonds. The van der Waals surface area contributed by atoms with E-state index in [-0.39, 0.29) is 5.56 Å². The Morgan fingerprint density at radius 3 is 2.46 bits per heavy atom. The van der Waals surface area contributed by atoms with Crippen LogP contribution in [-0.2, 0) is 6.54 Å². The fraction of sp³-hybridized carbons (Fsp3) is 0.762. The molecule has 24 heavy (non-hydrogen) atoms. The molecule has 0 N–H and O–H groups in total. The van der Waals surface area contributed by atoms with Crippen molar-refractivity contribution in [3.8, 4) is 0 Å². The van der Waals surface area contributed by atoms with E-state index in [1.165, 1.54) is 44.3 Å². The lowest BCUT2D eigenvalue weighted by atomic mass is 9.70. The third-order valence-electron chi connectivity index (χ3n) is 6.95. The molecule has 0 spiro atoms. The van der Waals surface area contributed by atoms with Gasteiger partial charge in [0.1, 0.15) is 0 Å². The summed E-state index contributed by atoms with van der Waals surface area (Å²) in [6.45, 7) is 10.5. The predicted molar refractivity (Wildman–Crippen MR) is 98.3 cm³/mol. The Kier molecular flexibility index (Phi) is 4.11. The monoisotopic (exact) mass is 328 g/mol. The van der Waals surface area contributed by atoms with Crippen LogP contribution in [0.15, 0.2) is 23.0 Å². The second-order valence-electron chi connectivity index (χ2n) is 9.52. The molecule has 2 fully saturated rings. The molecule has 2 atom stereocenters. The van der Waals surface area contributed by atoms with E-state index in [0.29, 0.717) is 17.3 Å². The van der Waals surface area contributed by atoms with Crippen molar-refractivity contribution in [3.63, 3.8) is 0 Å². The van der Waals surface area contributed by atoms with Gasteiger partial charge < -0.3 is 4.57 Å². The van der Waals surface area contributed by atoms with E-state index in [1.54, 1.807) is 6.07 Å². The minimum absolute atomic E-state index is 0.196. The number of likely N-dealkylation sites (tertiary alicyclic amines) is 1. The summed E-state index contributed by atoms with van der Waals surface area (Å²) < 4.78 is 2.05. The van der Waals surface area contributed by atoms with Gasteiger partial charge in [-0.15, -0.1) is 0 Å². The Morgan fingerprint density at radius 2 is 1.75 bits per heavy atom. The number of aromatic nitrogens is 1. The van der Waals surface area contributed by atoms with E-state index in [0.717, 1.165) is 25.0 Å². The molecule has 1 aromatic rings. The van der Waals surface area contributed by atoms with Gasteiger partial charge in [-0.05, 0) is 55.4 Å². The van der Waals surface area contributed by atoms with E-state index in [9.17, 15) is 4.79 Å². The van der Waals surface area contributed by atoms with Gasteiger partial charge in [0.2, 0.25) is 0 Å². The number of rotatable bonds is 1. The number of pyridine rings is 1. The highest BCUT2D eigenvalue weighted by atomic mass is 16.1. The summed E-state index contributed by atoms with van der Waals surface area (Å²) in [5, 5.41) is 0. The summed E-state index contributed by atoms with van der Waals surface area (Å²) in [5.74, 6) is 2.11. The largest absolute Gasteiger partial charge is 0.312 e. The summed E-state index contributed by atoms with van der Waals surface area (Å²) in [6, 6.07) is 6.62. The van der Waals surface area contributed by atoms with Crippen LogP contribution in [0.2, 0.25) is 0 Å². The molecule has 4 rings (SSSR count). The van der Waals surface area contributed by atoms with Crippen LogP contribution >= 0.6 is 0 Å². The lowest BCUT2D eigenvalue weighted by Crippen LogP contribution is -2.51. The maximum absolute atomic E-state index is 12.2. The van der Waals surface area contributed by atoms with Crippen LogP contribution < -0.4 is 5.56 Å². The minimum Gasteiger partial charge on any atom is -0.312 e. The van der Waals surface area contributed by atoms with Gasteiger partial charge in [-0.1, -0.05) is 26.8 Å². The van der Waals surface area contributed by atoms with Crippen molar-refractivity contribution in [1.29, 1.82) is 0 Å². The number of piperidine rings is 1. The van der Waals surface area contributed by atoms with Crippen LogP contribution in [0.1, 0.15) is 64.5 Å². The van der Waals surface area contributed by atoms with Crippen LogP contribution in [0, 0.1) is 17.3 Å². The molecule has 1 aliphatic carbocycles. The Balaban J connectivity index is 1.46. The zero-order valence-corrected chi connectivity index (χ0v) is 15.5. The Bertz CT molecular complexity index is 649. The Labute approximate surface area is 146 Å². The van der Waals surface area contributed by atoms with E-state index < -0.39 is 0 Å². The molecule has 3 heterocycles. The van der Waals surface area contributed by atoms with E-state index in [2.05, 4.69) is 31.7 Å². The number of hydrogen-bond acceptors (Lipinski definition) is 2. The third-order valence-corrected chi connectivity index (χ3v) is 6.95. The third kappa shape index (κ3) is 2.96. The first-order valence-electron chi connectivity index (χ1n) is 9.85. The summed E-state index contributed by atoms with van der Waals surface area (Å²) in [4.78, 5) is 14.9. The molecule has 0 aromatic carbocycles. The van der Waals surface area contributed by atoms with Gasteiger partial charge >= 0.3 is 0 Å². The highest BCUT2D eigenvalue weighted by Crippen LogP contribution is 2.42. The van der Waals surface area contributed by atoms with Gasteiger partial charge in [-0.3, -0.25) is 9.69 Å². The molecule has 0 radical (unpaired) electrons. The molecule has 1 aromatic heterocycles. The highest BCUT2D eigenvalue weighted by molar-refractivity contribution is 5.17. The Hall–Kier alpha value is -1.09. The molecule has 3 aliphatic rings. The lowest BCUT2D eigenvalue weighted by molar-refractivity contribution is 0.0427. The zero-order chi connectivity index (χ0) is 16.9. The van der Waals surface area contributed by atoms with Crippen molar-refractivity contribution < 1.29 is 0 Å². The molecule has 132 valence electrons. The molecule has 2 aliphatic heterocycles. The van der Waals surface area contributed by atoms with Crippen LogP contribution in [0.3, 0.4) is 0 Å². The fourth-order valence-electron chi connectivity index (χ4n) is 5.54. The molecule has 1 saturated heterocycles. The molecule has 0 unspecified atom stereocenters. The lowest BCUT2D eigenvalue weighted by Gasteiger charge is -2.48. The van der Waals surface area contributed by atoms with Gasteiger partial charge in [0.05, 0.1) is 0 Å². The number of hydrogen-bond donors (Lipinski definition) is 0. The van der Waals surface area contributed by atoms with Crippen molar-refractivity contribution in [2.75, 3.05) is 13.1 Å². The summed E-state index contributed by atoms with van der Waals surface area (Å²) >= 11 is 0. The van der Waals surface area contributed by atoms with Crippen LogP contribution in [0.5, 0.6) is 0 Å². The van der Waals surface area contributed by atoms with Gasteiger partial charge in [0.25, 0.3) is 5.56 Å². The van der Waals surface area contributed by atoms with Gasteiger partial charge in [0, 0.05) is 43.4 Å². The SMILES string of the molecule is CC(C)(C)C1CCC(N2C[C@@H]3C[C@H](C2)c2cccc(=O)n2C3)CC1. The maximum Gasteiger partial charge on any atom is 0.250 e. The Morgan fingerprint density at radius 1 is 1.00 bits per heavy atom. The van der Waals surface area contributed by atoms with Crippen molar-refractivity contribution in [2.45, 2.75) is 71.4 Å². The van der Waals surface area contributed by atoms with Crippen LogP contribution in [0.25, 0.3) is 0 Å². The van der Waals surface area contributed by atoms with E-state index >= 15 is 0 Å². The number of nitrogens with zero attached hydrogens (tertiary/aromatic N) is 2.